The molecule has 1 aromatic carbocycles. The second-order valence-corrected chi connectivity index (χ2v) is 8.34. The van der Waals surface area contributed by atoms with Crippen molar-refractivity contribution in [3.05, 3.63) is 42.0 Å². The van der Waals surface area contributed by atoms with E-state index in [2.05, 4.69) is 49.1 Å². The van der Waals surface area contributed by atoms with Crippen LogP contribution < -0.4 is 10.0 Å². The fourth-order valence-electron chi connectivity index (χ4n) is 2.86. The van der Waals surface area contributed by atoms with Gasteiger partial charge in [0, 0.05) is 45.8 Å². The van der Waals surface area contributed by atoms with E-state index in [1.807, 2.05) is 25.1 Å². The van der Waals surface area contributed by atoms with Crippen LogP contribution in [0.15, 0.2) is 41.4 Å². The Morgan fingerprint density at radius 3 is 2.52 bits per heavy atom. The smallest absolute Gasteiger partial charge is 0.208 e. The molecule has 27 heavy (non-hydrogen) atoms. The molecule has 0 amide bonds. The molecule has 8 heteroatoms. The van der Waals surface area contributed by atoms with Crippen LogP contribution in [0.2, 0.25) is 0 Å². The number of rotatable bonds is 8. The lowest BCUT2D eigenvalue weighted by molar-refractivity contribution is 0.194. The third kappa shape index (κ3) is 8.55. The Balaban J connectivity index is 1.78. The largest absolute Gasteiger partial charge is 0.357 e. The van der Waals surface area contributed by atoms with Crippen LogP contribution in [-0.4, -0.2) is 82.8 Å². The first-order chi connectivity index (χ1) is 13.0. The molecule has 1 fully saturated rings. The van der Waals surface area contributed by atoms with Crippen molar-refractivity contribution >= 4 is 22.1 Å². The van der Waals surface area contributed by atoms with E-state index in [0.29, 0.717) is 13.1 Å². The molecule has 1 aromatic rings. The van der Waals surface area contributed by atoms with E-state index in [0.717, 1.165) is 51.5 Å². The first-order valence-electron chi connectivity index (χ1n) is 9.40. The van der Waals surface area contributed by atoms with Crippen LogP contribution in [0.3, 0.4) is 0 Å². The molecule has 0 spiro atoms. The fourth-order valence-corrected chi connectivity index (χ4v) is 3.32. The highest BCUT2D eigenvalue weighted by Gasteiger charge is 2.18. The molecular weight excluding hydrogens is 362 g/mol. The monoisotopic (exact) mass is 393 g/mol. The zero-order valence-electron chi connectivity index (χ0n) is 16.3. The minimum atomic E-state index is -3.16. The Morgan fingerprint density at radius 2 is 1.89 bits per heavy atom. The summed E-state index contributed by atoms with van der Waals surface area (Å²) in [6.45, 7) is 8.28. The number of sulfonamides is 1. The number of hydrogen-bond acceptors (Lipinski definition) is 4. The van der Waals surface area contributed by atoms with Crippen LogP contribution in [-0.2, 0) is 10.0 Å². The molecule has 150 valence electrons. The van der Waals surface area contributed by atoms with E-state index in [9.17, 15) is 8.42 Å². The van der Waals surface area contributed by atoms with Crippen molar-refractivity contribution in [1.29, 1.82) is 0 Å². The number of nitrogens with zero attached hydrogens (tertiary/aromatic N) is 3. The Hall–Kier alpha value is -1.90. The number of hydrogen-bond donors (Lipinski definition) is 2. The SMILES string of the molecule is CCNC(=NCCNS(C)(=O)=O)N1CCN(CC=Cc2ccccc2)CC1. The molecule has 1 heterocycles. The Kier molecular flexibility index (Phi) is 8.77. The second kappa shape index (κ2) is 11.1. The van der Waals surface area contributed by atoms with E-state index in [4.69, 9.17) is 0 Å². The number of guanidine groups is 1. The van der Waals surface area contributed by atoms with Gasteiger partial charge in [-0.25, -0.2) is 13.1 Å². The molecule has 0 atom stereocenters. The maximum absolute atomic E-state index is 11.1. The molecule has 0 saturated carbocycles. The summed E-state index contributed by atoms with van der Waals surface area (Å²) in [6.07, 6.45) is 5.53. The summed E-state index contributed by atoms with van der Waals surface area (Å²) in [4.78, 5) is 9.20. The maximum Gasteiger partial charge on any atom is 0.208 e. The molecule has 0 bridgehead atoms. The lowest BCUT2D eigenvalue weighted by Gasteiger charge is -2.36. The molecule has 7 nitrogen and oxygen atoms in total. The van der Waals surface area contributed by atoms with Crippen LogP contribution in [0.5, 0.6) is 0 Å². The summed E-state index contributed by atoms with van der Waals surface area (Å²) in [5.74, 6) is 0.854. The van der Waals surface area contributed by atoms with Gasteiger partial charge in [0.1, 0.15) is 0 Å². The number of benzene rings is 1. The van der Waals surface area contributed by atoms with Crippen LogP contribution in [0.4, 0.5) is 0 Å². The third-order valence-corrected chi connectivity index (χ3v) is 4.95. The normalized spacial score (nSPS) is 16.8. The highest BCUT2D eigenvalue weighted by molar-refractivity contribution is 7.88. The maximum atomic E-state index is 11.1. The Bertz CT molecular complexity index is 711. The van der Waals surface area contributed by atoms with E-state index in [1.165, 1.54) is 5.56 Å². The van der Waals surface area contributed by atoms with Gasteiger partial charge in [-0.1, -0.05) is 42.5 Å². The zero-order valence-corrected chi connectivity index (χ0v) is 17.1. The quantitative estimate of drug-likeness (QED) is 0.389. The first kappa shape index (κ1) is 21.4. The van der Waals surface area contributed by atoms with E-state index in [-0.39, 0.29) is 0 Å². The van der Waals surface area contributed by atoms with Crippen LogP contribution in [0.1, 0.15) is 12.5 Å². The average Bonchev–Trinajstić information content (AvgIpc) is 2.65. The van der Waals surface area contributed by atoms with Gasteiger partial charge in [0.15, 0.2) is 5.96 Å². The molecule has 0 radical (unpaired) electrons. The molecule has 0 aromatic heterocycles. The summed E-state index contributed by atoms with van der Waals surface area (Å²) in [6, 6.07) is 10.3. The lowest BCUT2D eigenvalue weighted by Crippen LogP contribution is -2.52. The summed E-state index contributed by atoms with van der Waals surface area (Å²) in [5, 5.41) is 3.30. The highest BCUT2D eigenvalue weighted by atomic mass is 32.2. The lowest BCUT2D eigenvalue weighted by atomic mass is 10.2. The van der Waals surface area contributed by atoms with Gasteiger partial charge in [-0.3, -0.25) is 9.89 Å². The van der Waals surface area contributed by atoms with E-state index >= 15 is 0 Å². The van der Waals surface area contributed by atoms with Crippen molar-refractivity contribution in [3.63, 3.8) is 0 Å². The van der Waals surface area contributed by atoms with Crippen molar-refractivity contribution in [2.45, 2.75) is 6.92 Å². The van der Waals surface area contributed by atoms with Gasteiger partial charge in [-0.05, 0) is 12.5 Å². The molecular formula is C19H31N5O2S. The summed E-state index contributed by atoms with van der Waals surface area (Å²) in [5.41, 5.74) is 1.22. The van der Waals surface area contributed by atoms with Crippen molar-refractivity contribution in [2.75, 3.05) is 58.6 Å². The number of aliphatic imine (C=N–C) groups is 1. The van der Waals surface area contributed by atoms with E-state index in [1.54, 1.807) is 0 Å². The van der Waals surface area contributed by atoms with Gasteiger partial charge in [0.2, 0.25) is 10.0 Å². The predicted octanol–water partition coefficient (Wildman–Crippen LogP) is 0.832. The highest BCUT2D eigenvalue weighted by Crippen LogP contribution is 2.05. The van der Waals surface area contributed by atoms with Gasteiger partial charge in [0.25, 0.3) is 0 Å². The molecule has 0 unspecified atom stereocenters. The minimum absolute atomic E-state index is 0.317. The van der Waals surface area contributed by atoms with Gasteiger partial charge < -0.3 is 10.2 Å². The molecule has 0 aliphatic carbocycles. The van der Waals surface area contributed by atoms with Gasteiger partial charge in [-0.2, -0.15) is 0 Å². The fraction of sp³-hybridized carbons (Fsp3) is 0.526. The Labute approximate surface area is 163 Å². The molecule has 2 N–H and O–H groups in total. The Morgan fingerprint density at radius 1 is 1.19 bits per heavy atom. The summed E-state index contributed by atoms with van der Waals surface area (Å²) >= 11 is 0. The van der Waals surface area contributed by atoms with Crippen LogP contribution in [0.25, 0.3) is 6.08 Å². The van der Waals surface area contributed by atoms with Gasteiger partial charge in [0.05, 0.1) is 12.8 Å². The first-order valence-corrected chi connectivity index (χ1v) is 11.3. The van der Waals surface area contributed by atoms with E-state index < -0.39 is 10.0 Å². The van der Waals surface area contributed by atoms with Crippen molar-refractivity contribution in [3.8, 4) is 0 Å². The zero-order chi connectivity index (χ0) is 19.5. The second-order valence-electron chi connectivity index (χ2n) is 6.50. The standard InChI is InChI=1S/C19H31N5O2S/c1-3-20-19(21-11-12-22-27(2,25)26)24-16-14-23(15-17-24)13-7-10-18-8-5-4-6-9-18/h4-10,22H,3,11-17H2,1-2H3,(H,20,21). The van der Waals surface area contributed by atoms with Gasteiger partial charge in [-0.15, -0.1) is 0 Å². The van der Waals surface area contributed by atoms with Gasteiger partial charge >= 0.3 is 0 Å². The molecule has 1 saturated heterocycles. The van der Waals surface area contributed by atoms with Crippen LogP contribution in [0, 0.1) is 0 Å². The summed E-state index contributed by atoms with van der Waals surface area (Å²) < 4.78 is 24.7. The predicted molar refractivity (Wildman–Crippen MR) is 112 cm³/mol. The van der Waals surface area contributed by atoms with Crippen molar-refractivity contribution in [1.82, 2.24) is 19.8 Å². The molecule has 2 rings (SSSR count). The topological polar surface area (TPSA) is 77.0 Å². The van der Waals surface area contributed by atoms with Crippen LogP contribution >= 0.6 is 0 Å². The minimum Gasteiger partial charge on any atom is -0.357 e. The van der Waals surface area contributed by atoms with Crippen molar-refractivity contribution < 1.29 is 8.42 Å². The third-order valence-electron chi connectivity index (χ3n) is 4.22. The number of piperazine rings is 1. The van der Waals surface area contributed by atoms with Crippen molar-refractivity contribution in [2.24, 2.45) is 4.99 Å². The molecule has 1 aliphatic rings. The molecule has 1 aliphatic heterocycles. The number of nitrogens with one attached hydrogen (secondary N) is 2. The average molecular weight is 394 g/mol. The summed E-state index contributed by atoms with van der Waals surface area (Å²) in [7, 11) is -3.16.